The summed E-state index contributed by atoms with van der Waals surface area (Å²) >= 11 is 5.81. The quantitative estimate of drug-likeness (QED) is 0.547. The van der Waals surface area contributed by atoms with E-state index in [1.807, 2.05) is 31.2 Å². The number of aryl methyl sites for hydroxylation is 1. The Morgan fingerprint density at radius 3 is 2.57 bits per heavy atom. The van der Waals surface area contributed by atoms with Crippen LogP contribution in [0, 0.1) is 6.92 Å². The first kappa shape index (κ1) is 17.3. The van der Waals surface area contributed by atoms with Crippen LogP contribution in [0.15, 0.2) is 36.4 Å². The molecule has 0 atom stereocenters. The first-order chi connectivity index (χ1) is 9.56. The highest BCUT2D eigenvalue weighted by atomic mass is 35.5. The molecule has 0 saturated carbocycles. The fourth-order valence-corrected chi connectivity index (χ4v) is 1.81. The van der Waals surface area contributed by atoms with E-state index < -0.39 is 0 Å². The number of hydrogen-bond acceptors (Lipinski definition) is 3. The average Bonchev–Trinajstić information content (AvgIpc) is 2.43. The van der Waals surface area contributed by atoms with Gasteiger partial charge in [-0.2, -0.15) is 0 Å². The maximum atomic E-state index is 9.76. The van der Waals surface area contributed by atoms with Crippen LogP contribution in [-0.2, 0) is 11.4 Å². The van der Waals surface area contributed by atoms with E-state index in [0.717, 1.165) is 11.3 Å². The number of benzene rings is 1. The largest absolute Gasteiger partial charge is 1.00 e. The molecule has 112 valence electrons. The summed E-state index contributed by atoms with van der Waals surface area (Å²) in [5.41, 5.74) is 2.97. The van der Waals surface area contributed by atoms with Crippen molar-refractivity contribution in [3.05, 3.63) is 58.4 Å². The van der Waals surface area contributed by atoms with Crippen molar-refractivity contribution in [3.63, 3.8) is 0 Å². The van der Waals surface area contributed by atoms with E-state index in [0.29, 0.717) is 23.0 Å². The Labute approximate surface area is 134 Å². The van der Waals surface area contributed by atoms with E-state index in [9.17, 15) is 5.11 Å². The minimum atomic E-state index is 0. The van der Waals surface area contributed by atoms with E-state index in [-0.39, 0.29) is 18.2 Å². The van der Waals surface area contributed by atoms with E-state index in [1.54, 1.807) is 19.1 Å². The molecule has 1 aromatic heterocycles. The van der Waals surface area contributed by atoms with Crippen molar-refractivity contribution >= 4 is 17.3 Å². The predicted octanol–water partition coefficient (Wildman–Crippen LogP) is -1.23. The van der Waals surface area contributed by atoms with Gasteiger partial charge >= 0.3 is 0 Å². The summed E-state index contributed by atoms with van der Waals surface area (Å²) in [5.74, 6) is 0.121. The molecular formula is C15H16Cl2N2O2. The maximum absolute atomic E-state index is 9.76. The number of nitrogens with one attached hydrogen (secondary N) is 1. The second-order valence-electron chi connectivity index (χ2n) is 4.46. The van der Waals surface area contributed by atoms with Gasteiger partial charge in [-0.15, -0.1) is 0 Å². The average molecular weight is 327 g/mol. The van der Waals surface area contributed by atoms with Gasteiger partial charge in [0.1, 0.15) is 5.75 Å². The molecule has 2 rings (SSSR count). The Hall–Kier alpha value is -1.78. The summed E-state index contributed by atoms with van der Waals surface area (Å²) in [5, 5.41) is 13.2. The monoisotopic (exact) mass is 326 g/mol. The Morgan fingerprint density at radius 2 is 1.90 bits per heavy atom. The summed E-state index contributed by atoms with van der Waals surface area (Å²) in [7, 11) is 0. The molecule has 0 unspecified atom stereocenters. The minimum Gasteiger partial charge on any atom is -1.00 e. The van der Waals surface area contributed by atoms with Crippen LogP contribution in [0.25, 0.3) is 0 Å². The van der Waals surface area contributed by atoms with Gasteiger partial charge in [0.2, 0.25) is 0 Å². The fourth-order valence-electron chi connectivity index (χ4n) is 1.68. The normalized spacial score (nSPS) is 10.9. The van der Waals surface area contributed by atoms with Crippen LogP contribution in [0.3, 0.4) is 0 Å². The summed E-state index contributed by atoms with van der Waals surface area (Å²) in [6.45, 7) is 4.05. The van der Waals surface area contributed by atoms with Crippen molar-refractivity contribution in [1.29, 1.82) is 0 Å². The van der Waals surface area contributed by atoms with Gasteiger partial charge in [0.15, 0.2) is 12.3 Å². The van der Waals surface area contributed by atoms with Crippen molar-refractivity contribution in [2.24, 2.45) is 0 Å². The molecule has 4 nitrogen and oxygen atoms in total. The second-order valence-corrected chi connectivity index (χ2v) is 4.90. The SMILES string of the molecule is CC(=[NH+]OCc1ccc(Cl)cc1)c1nc(C)ccc1O.[Cl-]. The summed E-state index contributed by atoms with van der Waals surface area (Å²) < 4.78 is 0. The number of rotatable bonds is 4. The lowest BCUT2D eigenvalue weighted by Crippen LogP contribution is -3.00. The van der Waals surface area contributed by atoms with Crippen molar-refractivity contribution < 1.29 is 27.5 Å². The molecule has 0 saturated heterocycles. The Bertz CT molecular complexity index is 628. The van der Waals surface area contributed by atoms with E-state index in [1.165, 1.54) is 0 Å². The number of halogens is 2. The van der Waals surface area contributed by atoms with Gasteiger partial charge in [-0.05, 0) is 41.9 Å². The van der Waals surface area contributed by atoms with Crippen LogP contribution in [0.2, 0.25) is 5.02 Å². The second kappa shape index (κ2) is 7.86. The van der Waals surface area contributed by atoms with Crippen LogP contribution in [0.1, 0.15) is 23.9 Å². The van der Waals surface area contributed by atoms with Gasteiger partial charge in [-0.1, -0.05) is 23.7 Å². The van der Waals surface area contributed by atoms with Gasteiger partial charge in [0.05, 0.1) is 0 Å². The molecule has 0 amide bonds. The highest BCUT2D eigenvalue weighted by Crippen LogP contribution is 2.13. The predicted molar refractivity (Wildman–Crippen MR) is 77.6 cm³/mol. The van der Waals surface area contributed by atoms with E-state index >= 15 is 0 Å². The van der Waals surface area contributed by atoms with Crippen LogP contribution >= 0.6 is 11.6 Å². The molecular weight excluding hydrogens is 311 g/mol. The third kappa shape index (κ3) is 4.92. The third-order valence-corrected chi connectivity index (χ3v) is 3.00. The van der Waals surface area contributed by atoms with Crippen LogP contribution in [0.4, 0.5) is 0 Å². The summed E-state index contributed by atoms with van der Waals surface area (Å²) in [6.07, 6.45) is 0. The van der Waals surface area contributed by atoms with Gasteiger partial charge in [-0.3, -0.25) is 4.84 Å². The molecule has 21 heavy (non-hydrogen) atoms. The first-order valence-corrected chi connectivity index (χ1v) is 6.57. The number of aromatic hydroxyl groups is 1. The molecule has 6 heteroatoms. The number of nitrogens with zero attached hydrogens (tertiary/aromatic N) is 1. The lowest BCUT2D eigenvalue weighted by molar-refractivity contribution is -0.758. The molecule has 2 aromatic rings. The zero-order chi connectivity index (χ0) is 14.5. The molecule has 1 aromatic carbocycles. The first-order valence-electron chi connectivity index (χ1n) is 6.19. The van der Waals surface area contributed by atoms with Gasteiger partial charge in [-0.25, -0.2) is 4.98 Å². The molecule has 0 spiro atoms. The molecule has 2 N–H and O–H groups in total. The lowest BCUT2D eigenvalue weighted by Gasteiger charge is -2.01. The summed E-state index contributed by atoms with van der Waals surface area (Å²) in [6, 6.07) is 10.8. The zero-order valence-electron chi connectivity index (χ0n) is 11.7. The Balaban J connectivity index is 0.00000220. The molecule has 1 heterocycles. The Kier molecular flexibility index (Phi) is 6.46. The van der Waals surface area contributed by atoms with Crippen LogP contribution in [0.5, 0.6) is 5.75 Å². The Morgan fingerprint density at radius 1 is 1.24 bits per heavy atom. The number of aromatic nitrogens is 1. The van der Waals surface area contributed by atoms with Crippen molar-refractivity contribution in [2.45, 2.75) is 20.5 Å². The fraction of sp³-hybridized carbons (Fsp3) is 0.200. The molecule has 0 aliphatic rings. The topological polar surface area (TPSA) is 56.3 Å². The van der Waals surface area contributed by atoms with Crippen LogP contribution < -0.4 is 17.6 Å². The van der Waals surface area contributed by atoms with Crippen molar-refractivity contribution in [1.82, 2.24) is 4.98 Å². The maximum Gasteiger partial charge on any atom is 0.251 e. The molecule has 0 aliphatic heterocycles. The highest BCUT2D eigenvalue weighted by Gasteiger charge is 2.12. The van der Waals surface area contributed by atoms with Gasteiger partial charge in [0, 0.05) is 17.6 Å². The molecule has 0 fully saturated rings. The van der Waals surface area contributed by atoms with Gasteiger partial charge < -0.3 is 17.5 Å². The van der Waals surface area contributed by atoms with Crippen molar-refractivity contribution in [2.75, 3.05) is 0 Å². The smallest absolute Gasteiger partial charge is 0.251 e. The van der Waals surface area contributed by atoms with Gasteiger partial charge in [0.25, 0.3) is 5.71 Å². The van der Waals surface area contributed by atoms with Crippen LogP contribution in [-0.4, -0.2) is 15.8 Å². The molecule has 0 bridgehead atoms. The molecule has 0 radical (unpaired) electrons. The third-order valence-electron chi connectivity index (χ3n) is 2.75. The summed E-state index contributed by atoms with van der Waals surface area (Å²) in [4.78, 5) is 9.65. The van der Waals surface area contributed by atoms with Crippen molar-refractivity contribution in [3.8, 4) is 5.75 Å². The molecule has 0 aliphatic carbocycles. The highest BCUT2D eigenvalue weighted by molar-refractivity contribution is 6.30. The number of hydrogen-bond donors (Lipinski definition) is 2. The zero-order valence-corrected chi connectivity index (χ0v) is 13.2. The van der Waals surface area contributed by atoms with E-state index in [2.05, 4.69) is 10.1 Å². The number of pyridine rings is 1. The lowest BCUT2D eigenvalue weighted by atomic mass is 10.2. The minimum absolute atomic E-state index is 0. The van der Waals surface area contributed by atoms with E-state index in [4.69, 9.17) is 16.4 Å². The standard InChI is InChI=1S/C15H15ClN2O2.ClH/c1-10-3-8-14(19)15(17-10)11(2)18-20-9-12-4-6-13(16)7-5-12;/h3-8,19H,9H2,1-2H3;1H.